The Hall–Kier alpha value is -1.42. The number of hydrogen-bond acceptors (Lipinski definition) is 3. The number of rotatable bonds is 1. The summed E-state index contributed by atoms with van der Waals surface area (Å²) in [5, 5.41) is 14.7. The zero-order valence-electron chi connectivity index (χ0n) is 12.7. The van der Waals surface area contributed by atoms with Crippen molar-refractivity contribution >= 4 is 5.69 Å². The van der Waals surface area contributed by atoms with Crippen LogP contribution in [0, 0.1) is 10.1 Å². The maximum absolute atomic E-state index is 11.0. The number of nitro groups is 1. The monoisotopic (exact) mass is 288 g/mol. The standard InChI is InChI=1S/C17H24N2O2/c1-13-11-17(8-4-2-3-5-9-17)18-12-14-10-15(19(20)21)6-7-16(13)14/h6-7,10,13,18H,2-5,8-9,11-12H2,1H3. The number of non-ortho nitro benzene ring substituents is 1. The van der Waals surface area contributed by atoms with Gasteiger partial charge in [-0.2, -0.15) is 0 Å². The van der Waals surface area contributed by atoms with Gasteiger partial charge >= 0.3 is 0 Å². The summed E-state index contributed by atoms with van der Waals surface area (Å²) in [5.41, 5.74) is 2.84. The fourth-order valence-corrected chi connectivity index (χ4v) is 4.18. The summed E-state index contributed by atoms with van der Waals surface area (Å²) in [7, 11) is 0. The molecule has 0 aromatic heterocycles. The van der Waals surface area contributed by atoms with Gasteiger partial charge < -0.3 is 5.32 Å². The van der Waals surface area contributed by atoms with Crippen LogP contribution < -0.4 is 5.32 Å². The first kappa shape index (κ1) is 14.5. The molecule has 0 saturated heterocycles. The van der Waals surface area contributed by atoms with Crippen LogP contribution >= 0.6 is 0 Å². The SMILES string of the molecule is CC1CC2(CCCCCC2)NCc2cc([N+](=O)[O-])ccc21. The van der Waals surface area contributed by atoms with E-state index in [-0.39, 0.29) is 16.1 Å². The van der Waals surface area contributed by atoms with Gasteiger partial charge in [-0.1, -0.05) is 38.7 Å². The maximum atomic E-state index is 11.0. The molecule has 1 unspecified atom stereocenters. The molecular weight excluding hydrogens is 264 g/mol. The van der Waals surface area contributed by atoms with Gasteiger partial charge in [-0.15, -0.1) is 0 Å². The largest absolute Gasteiger partial charge is 0.307 e. The Balaban J connectivity index is 1.89. The summed E-state index contributed by atoms with van der Waals surface area (Å²) < 4.78 is 0. The van der Waals surface area contributed by atoms with Crippen molar-refractivity contribution in [3.63, 3.8) is 0 Å². The molecule has 1 aliphatic heterocycles. The van der Waals surface area contributed by atoms with E-state index < -0.39 is 0 Å². The van der Waals surface area contributed by atoms with E-state index in [1.54, 1.807) is 12.1 Å². The molecule has 2 aliphatic rings. The van der Waals surface area contributed by atoms with Crippen molar-refractivity contribution in [1.29, 1.82) is 0 Å². The first-order chi connectivity index (χ1) is 10.1. The lowest BCUT2D eigenvalue weighted by Gasteiger charge is -2.34. The van der Waals surface area contributed by atoms with Gasteiger partial charge in [0.1, 0.15) is 0 Å². The number of nitrogens with zero attached hydrogens (tertiary/aromatic N) is 1. The third kappa shape index (κ3) is 2.95. The fraction of sp³-hybridized carbons (Fsp3) is 0.647. The fourth-order valence-electron chi connectivity index (χ4n) is 4.18. The molecule has 1 aliphatic carbocycles. The van der Waals surface area contributed by atoms with Gasteiger partial charge in [0.2, 0.25) is 0 Å². The second kappa shape index (κ2) is 5.76. The molecule has 3 rings (SSSR count). The lowest BCUT2D eigenvalue weighted by atomic mass is 9.80. The average molecular weight is 288 g/mol. The van der Waals surface area contributed by atoms with Crippen LogP contribution in [0.1, 0.15) is 68.9 Å². The van der Waals surface area contributed by atoms with E-state index in [0.29, 0.717) is 5.92 Å². The van der Waals surface area contributed by atoms with Crippen molar-refractivity contribution in [2.75, 3.05) is 0 Å². The zero-order chi connectivity index (χ0) is 14.9. The van der Waals surface area contributed by atoms with Crippen molar-refractivity contribution in [2.45, 2.75) is 69.9 Å². The van der Waals surface area contributed by atoms with E-state index >= 15 is 0 Å². The molecule has 1 saturated carbocycles. The molecule has 4 heteroatoms. The molecule has 1 fully saturated rings. The van der Waals surface area contributed by atoms with Crippen LogP contribution in [-0.4, -0.2) is 10.5 Å². The predicted octanol–water partition coefficient (Wildman–Crippen LogP) is 4.28. The lowest BCUT2D eigenvalue weighted by molar-refractivity contribution is -0.384. The molecule has 114 valence electrons. The number of fused-ring (bicyclic) bond motifs is 1. The summed E-state index contributed by atoms with van der Waals surface area (Å²) >= 11 is 0. The first-order valence-corrected chi connectivity index (χ1v) is 8.12. The minimum Gasteiger partial charge on any atom is -0.307 e. The summed E-state index contributed by atoms with van der Waals surface area (Å²) in [6.07, 6.45) is 8.93. The van der Waals surface area contributed by atoms with Gasteiger partial charge in [0.25, 0.3) is 5.69 Å². The van der Waals surface area contributed by atoms with Crippen molar-refractivity contribution < 1.29 is 4.92 Å². The second-order valence-electron chi connectivity index (χ2n) is 6.79. The molecule has 0 bridgehead atoms. The lowest BCUT2D eigenvalue weighted by Crippen LogP contribution is -2.44. The van der Waals surface area contributed by atoms with Gasteiger partial charge in [-0.25, -0.2) is 0 Å². The van der Waals surface area contributed by atoms with Crippen molar-refractivity contribution in [2.24, 2.45) is 0 Å². The number of nitro benzene ring substituents is 1. The van der Waals surface area contributed by atoms with E-state index in [9.17, 15) is 10.1 Å². The van der Waals surface area contributed by atoms with Crippen LogP contribution in [0.4, 0.5) is 5.69 Å². The Labute approximate surface area is 126 Å². The summed E-state index contributed by atoms with van der Waals surface area (Å²) in [6, 6.07) is 5.38. The first-order valence-electron chi connectivity index (χ1n) is 8.12. The van der Waals surface area contributed by atoms with Gasteiger partial charge in [0.15, 0.2) is 0 Å². The molecule has 21 heavy (non-hydrogen) atoms. The maximum Gasteiger partial charge on any atom is 0.269 e. The van der Waals surface area contributed by atoms with Crippen molar-refractivity contribution in [1.82, 2.24) is 5.32 Å². The van der Waals surface area contributed by atoms with Gasteiger partial charge in [-0.3, -0.25) is 10.1 Å². The molecule has 1 atom stereocenters. The highest BCUT2D eigenvalue weighted by molar-refractivity contribution is 5.42. The van der Waals surface area contributed by atoms with Crippen molar-refractivity contribution in [3.8, 4) is 0 Å². The summed E-state index contributed by atoms with van der Waals surface area (Å²) in [5.74, 6) is 0.467. The van der Waals surface area contributed by atoms with Gasteiger partial charge in [0, 0.05) is 24.2 Å². The topological polar surface area (TPSA) is 55.2 Å². The number of hydrogen-bond donors (Lipinski definition) is 1. The molecule has 0 amide bonds. The van der Waals surface area contributed by atoms with Gasteiger partial charge in [0.05, 0.1) is 4.92 Å². The molecular formula is C17H24N2O2. The number of benzene rings is 1. The highest BCUT2D eigenvalue weighted by Gasteiger charge is 2.35. The molecule has 4 nitrogen and oxygen atoms in total. The van der Waals surface area contributed by atoms with Crippen LogP contribution in [0.25, 0.3) is 0 Å². The van der Waals surface area contributed by atoms with Gasteiger partial charge in [-0.05, 0) is 36.3 Å². The highest BCUT2D eigenvalue weighted by Crippen LogP contribution is 2.39. The smallest absolute Gasteiger partial charge is 0.269 e. The Bertz CT molecular complexity index is 534. The minimum atomic E-state index is -0.294. The Kier molecular flexibility index (Phi) is 3.98. The Morgan fingerprint density at radius 2 is 1.95 bits per heavy atom. The quantitative estimate of drug-likeness (QED) is 0.619. The number of nitrogens with one attached hydrogen (secondary N) is 1. The molecule has 1 spiro atoms. The average Bonchev–Trinajstić information content (AvgIpc) is 2.77. The van der Waals surface area contributed by atoms with Crippen molar-refractivity contribution in [3.05, 3.63) is 39.4 Å². The van der Waals surface area contributed by atoms with E-state index in [1.165, 1.54) is 44.1 Å². The molecule has 1 aromatic rings. The van der Waals surface area contributed by atoms with Crippen LogP contribution in [0.2, 0.25) is 0 Å². The highest BCUT2D eigenvalue weighted by atomic mass is 16.6. The van der Waals surface area contributed by atoms with Crippen LogP contribution in [-0.2, 0) is 6.54 Å². The predicted molar refractivity (Wildman–Crippen MR) is 83.4 cm³/mol. The third-order valence-corrected chi connectivity index (χ3v) is 5.28. The summed E-state index contributed by atoms with van der Waals surface area (Å²) in [6.45, 7) is 3.03. The molecule has 1 N–H and O–H groups in total. The van der Waals surface area contributed by atoms with Crippen LogP contribution in [0.5, 0.6) is 0 Å². The van der Waals surface area contributed by atoms with E-state index in [2.05, 4.69) is 12.2 Å². The van der Waals surface area contributed by atoms with E-state index in [1.807, 2.05) is 6.07 Å². The van der Waals surface area contributed by atoms with E-state index in [4.69, 9.17) is 0 Å². The molecule has 1 aromatic carbocycles. The third-order valence-electron chi connectivity index (χ3n) is 5.28. The Morgan fingerprint density at radius 3 is 2.62 bits per heavy atom. The van der Waals surface area contributed by atoms with Crippen LogP contribution in [0.3, 0.4) is 0 Å². The summed E-state index contributed by atoms with van der Waals surface area (Å²) in [4.78, 5) is 10.7. The zero-order valence-corrected chi connectivity index (χ0v) is 12.7. The molecule has 1 heterocycles. The Morgan fingerprint density at radius 1 is 1.24 bits per heavy atom. The second-order valence-corrected chi connectivity index (χ2v) is 6.79. The molecule has 0 radical (unpaired) electrons. The minimum absolute atomic E-state index is 0.208. The normalized spacial score (nSPS) is 24.9. The van der Waals surface area contributed by atoms with Crippen LogP contribution in [0.15, 0.2) is 18.2 Å². The van der Waals surface area contributed by atoms with E-state index in [0.717, 1.165) is 18.5 Å².